The monoisotopic (exact) mass is 304 g/mol. The van der Waals surface area contributed by atoms with Crippen LogP contribution in [0, 0.1) is 6.92 Å². The topological polar surface area (TPSA) is 89.3 Å². The van der Waals surface area contributed by atoms with Crippen molar-refractivity contribution in [3.63, 3.8) is 0 Å². The highest BCUT2D eigenvalue weighted by Gasteiger charge is 2.11. The van der Waals surface area contributed by atoms with Gasteiger partial charge in [-0.3, -0.25) is 4.79 Å². The molecule has 2 aromatic carbocycles. The minimum Gasteiger partial charge on any atom is -0.398 e. The average molecular weight is 304 g/mol. The fraction of sp³-hybridized carbons (Fsp3) is 0.133. The Morgan fingerprint density at radius 3 is 2.29 bits per heavy atom. The molecule has 0 atom stereocenters. The van der Waals surface area contributed by atoms with Gasteiger partial charge in [-0.1, -0.05) is 6.07 Å². The van der Waals surface area contributed by atoms with E-state index in [0.717, 1.165) is 6.26 Å². The lowest BCUT2D eigenvalue weighted by Gasteiger charge is -2.09. The third kappa shape index (κ3) is 3.41. The molecule has 1 amide bonds. The Morgan fingerprint density at radius 2 is 1.71 bits per heavy atom. The number of anilines is 2. The van der Waals surface area contributed by atoms with Gasteiger partial charge in [0.1, 0.15) is 0 Å². The molecule has 0 aliphatic carbocycles. The molecule has 5 nitrogen and oxygen atoms in total. The first-order valence-corrected chi connectivity index (χ1v) is 8.15. The van der Waals surface area contributed by atoms with Crippen LogP contribution in [0.3, 0.4) is 0 Å². The molecule has 0 aromatic heterocycles. The van der Waals surface area contributed by atoms with Crippen LogP contribution < -0.4 is 11.1 Å². The Kier molecular flexibility index (Phi) is 3.99. The normalized spacial score (nSPS) is 11.1. The number of nitrogens with one attached hydrogen (secondary N) is 1. The lowest BCUT2D eigenvalue weighted by molar-refractivity contribution is 0.102. The third-order valence-corrected chi connectivity index (χ3v) is 4.29. The standard InChI is InChI=1S/C15H16N2O3S/c1-10-13(4-3-5-14(10)16)15(18)17-11-6-8-12(9-7-11)21(2,19)20/h3-9H,16H2,1-2H3,(H,17,18). The van der Waals surface area contributed by atoms with Crippen molar-refractivity contribution >= 4 is 27.1 Å². The van der Waals surface area contributed by atoms with Crippen LogP contribution in [0.15, 0.2) is 47.4 Å². The summed E-state index contributed by atoms with van der Waals surface area (Å²) in [6.45, 7) is 1.77. The van der Waals surface area contributed by atoms with E-state index in [9.17, 15) is 13.2 Å². The molecule has 0 fully saturated rings. The maximum atomic E-state index is 12.2. The van der Waals surface area contributed by atoms with E-state index < -0.39 is 9.84 Å². The van der Waals surface area contributed by atoms with Gasteiger partial charge < -0.3 is 11.1 Å². The zero-order chi connectivity index (χ0) is 15.6. The molecule has 0 aliphatic rings. The summed E-state index contributed by atoms with van der Waals surface area (Å²) >= 11 is 0. The van der Waals surface area contributed by atoms with Crippen LogP contribution in [0.5, 0.6) is 0 Å². The molecular formula is C15H16N2O3S. The second-order valence-electron chi connectivity index (χ2n) is 4.77. The van der Waals surface area contributed by atoms with Crippen LogP contribution >= 0.6 is 0 Å². The highest BCUT2D eigenvalue weighted by atomic mass is 32.2. The van der Waals surface area contributed by atoms with E-state index in [-0.39, 0.29) is 10.8 Å². The van der Waals surface area contributed by atoms with E-state index in [2.05, 4.69) is 5.32 Å². The number of amides is 1. The molecule has 2 aromatic rings. The van der Waals surface area contributed by atoms with Gasteiger partial charge in [0.25, 0.3) is 5.91 Å². The summed E-state index contributed by atoms with van der Waals surface area (Å²) in [5.41, 5.74) is 8.05. The maximum absolute atomic E-state index is 12.2. The van der Waals surface area contributed by atoms with Crippen molar-refractivity contribution in [2.75, 3.05) is 17.3 Å². The van der Waals surface area contributed by atoms with E-state index in [1.54, 1.807) is 37.3 Å². The van der Waals surface area contributed by atoms with Crippen LogP contribution in [0.2, 0.25) is 0 Å². The van der Waals surface area contributed by atoms with Crippen LogP contribution in [-0.2, 0) is 9.84 Å². The first-order valence-electron chi connectivity index (χ1n) is 6.25. The van der Waals surface area contributed by atoms with Crippen molar-refractivity contribution in [1.82, 2.24) is 0 Å². The lowest BCUT2D eigenvalue weighted by Crippen LogP contribution is -2.14. The minimum absolute atomic E-state index is 0.209. The quantitative estimate of drug-likeness (QED) is 0.851. The number of nitrogen functional groups attached to an aromatic ring is 1. The molecule has 0 bridgehead atoms. The van der Waals surface area contributed by atoms with Gasteiger partial charge in [0.2, 0.25) is 0 Å². The van der Waals surface area contributed by atoms with Crippen molar-refractivity contribution in [2.24, 2.45) is 0 Å². The van der Waals surface area contributed by atoms with E-state index in [4.69, 9.17) is 5.73 Å². The predicted octanol–water partition coefficient (Wildman–Crippen LogP) is 2.23. The summed E-state index contributed by atoms with van der Waals surface area (Å²) < 4.78 is 22.7. The van der Waals surface area contributed by atoms with E-state index in [1.165, 1.54) is 12.1 Å². The van der Waals surface area contributed by atoms with Gasteiger partial charge in [0, 0.05) is 23.2 Å². The molecule has 110 valence electrons. The highest BCUT2D eigenvalue weighted by Crippen LogP contribution is 2.18. The largest absolute Gasteiger partial charge is 0.398 e. The predicted molar refractivity (Wildman–Crippen MR) is 83.1 cm³/mol. The Bertz CT molecular complexity index is 781. The van der Waals surface area contributed by atoms with Gasteiger partial charge in [-0.05, 0) is 48.9 Å². The zero-order valence-corrected chi connectivity index (χ0v) is 12.6. The van der Waals surface area contributed by atoms with Gasteiger partial charge in [0.15, 0.2) is 9.84 Å². The van der Waals surface area contributed by atoms with Gasteiger partial charge in [-0.2, -0.15) is 0 Å². The van der Waals surface area contributed by atoms with Crippen molar-refractivity contribution < 1.29 is 13.2 Å². The van der Waals surface area contributed by atoms with E-state index in [1.807, 2.05) is 0 Å². The number of nitrogens with two attached hydrogens (primary N) is 1. The van der Waals surface area contributed by atoms with Crippen LogP contribution in [0.1, 0.15) is 15.9 Å². The van der Waals surface area contributed by atoms with Gasteiger partial charge in [-0.15, -0.1) is 0 Å². The molecule has 2 rings (SSSR count). The SMILES string of the molecule is Cc1c(N)cccc1C(=O)Nc1ccc(S(C)(=O)=O)cc1. The van der Waals surface area contributed by atoms with Gasteiger partial charge in [-0.25, -0.2) is 8.42 Å². The third-order valence-electron chi connectivity index (χ3n) is 3.16. The average Bonchev–Trinajstić information content (AvgIpc) is 2.41. The Hall–Kier alpha value is -2.34. The molecule has 0 heterocycles. The lowest BCUT2D eigenvalue weighted by atomic mass is 10.1. The molecule has 0 radical (unpaired) electrons. The number of benzene rings is 2. The molecule has 0 aliphatic heterocycles. The van der Waals surface area contributed by atoms with Crippen molar-refractivity contribution in [1.29, 1.82) is 0 Å². The summed E-state index contributed by atoms with van der Waals surface area (Å²) in [6, 6.07) is 11.1. The molecule has 3 N–H and O–H groups in total. The molecule has 0 saturated heterocycles. The molecule has 0 saturated carbocycles. The highest BCUT2D eigenvalue weighted by molar-refractivity contribution is 7.90. The van der Waals surface area contributed by atoms with Gasteiger partial charge >= 0.3 is 0 Å². The molecular weight excluding hydrogens is 288 g/mol. The number of sulfone groups is 1. The summed E-state index contributed by atoms with van der Waals surface area (Å²) in [5.74, 6) is -0.285. The van der Waals surface area contributed by atoms with E-state index in [0.29, 0.717) is 22.5 Å². The Balaban J connectivity index is 2.22. The fourth-order valence-electron chi connectivity index (χ4n) is 1.88. The number of rotatable bonds is 3. The summed E-state index contributed by atoms with van der Waals surface area (Å²) in [4.78, 5) is 12.4. The number of hydrogen-bond donors (Lipinski definition) is 2. The first kappa shape index (κ1) is 15.1. The molecule has 0 spiro atoms. The van der Waals surface area contributed by atoms with Crippen molar-refractivity contribution in [3.8, 4) is 0 Å². The summed E-state index contributed by atoms with van der Waals surface area (Å²) in [6.07, 6.45) is 1.14. The second kappa shape index (κ2) is 5.57. The molecule has 0 unspecified atom stereocenters. The van der Waals surface area contributed by atoms with Crippen molar-refractivity contribution in [3.05, 3.63) is 53.6 Å². The summed E-state index contributed by atoms with van der Waals surface area (Å²) in [7, 11) is -3.24. The minimum atomic E-state index is -3.24. The van der Waals surface area contributed by atoms with E-state index >= 15 is 0 Å². The molecule has 21 heavy (non-hydrogen) atoms. The number of carbonyl (C=O) groups is 1. The Morgan fingerprint density at radius 1 is 1.10 bits per heavy atom. The summed E-state index contributed by atoms with van der Waals surface area (Å²) in [5, 5.41) is 2.72. The number of carbonyl (C=O) groups excluding carboxylic acids is 1. The second-order valence-corrected chi connectivity index (χ2v) is 6.79. The fourth-order valence-corrected chi connectivity index (χ4v) is 2.51. The Labute approximate surface area is 123 Å². The van der Waals surface area contributed by atoms with Crippen molar-refractivity contribution in [2.45, 2.75) is 11.8 Å². The maximum Gasteiger partial charge on any atom is 0.256 e. The van der Waals surface area contributed by atoms with Gasteiger partial charge in [0.05, 0.1) is 4.90 Å². The van der Waals surface area contributed by atoms with Crippen LogP contribution in [-0.4, -0.2) is 20.6 Å². The number of hydrogen-bond acceptors (Lipinski definition) is 4. The first-order chi connectivity index (χ1) is 9.79. The van der Waals surface area contributed by atoms with Crippen LogP contribution in [0.25, 0.3) is 0 Å². The van der Waals surface area contributed by atoms with Crippen LogP contribution in [0.4, 0.5) is 11.4 Å². The zero-order valence-electron chi connectivity index (χ0n) is 11.8. The molecule has 6 heteroatoms. The smallest absolute Gasteiger partial charge is 0.256 e.